The van der Waals surface area contributed by atoms with E-state index >= 15 is 0 Å². The van der Waals surface area contributed by atoms with Crippen molar-refractivity contribution in [3.63, 3.8) is 0 Å². The number of fused-ring (bicyclic) bond motifs is 1. The fraction of sp³-hybridized carbons (Fsp3) is 0.552. The Labute approximate surface area is 234 Å². The van der Waals surface area contributed by atoms with Gasteiger partial charge in [0.25, 0.3) is 0 Å². The molecule has 11 nitrogen and oxygen atoms in total. The Bertz CT molecular complexity index is 1400. The first-order valence-corrected chi connectivity index (χ1v) is 14.4. The van der Waals surface area contributed by atoms with Crippen molar-refractivity contribution in [2.45, 2.75) is 64.6 Å². The van der Waals surface area contributed by atoms with Gasteiger partial charge in [-0.15, -0.1) is 0 Å². The number of morpholine rings is 1. The number of rotatable bonds is 6. The molecule has 3 N–H and O–H groups in total. The van der Waals surface area contributed by atoms with E-state index in [0.29, 0.717) is 37.4 Å². The molecule has 3 fully saturated rings. The second-order valence-electron chi connectivity index (χ2n) is 11.5. The third kappa shape index (κ3) is 5.10. The van der Waals surface area contributed by atoms with E-state index in [1.54, 1.807) is 0 Å². The van der Waals surface area contributed by atoms with Crippen LogP contribution in [0.2, 0.25) is 0 Å². The lowest BCUT2D eigenvalue weighted by Gasteiger charge is -2.40. The summed E-state index contributed by atoms with van der Waals surface area (Å²) < 4.78 is 8.28. The van der Waals surface area contributed by atoms with Crippen molar-refractivity contribution in [3.8, 4) is 0 Å². The van der Waals surface area contributed by atoms with E-state index in [-0.39, 0.29) is 17.7 Å². The van der Waals surface area contributed by atoms with Gasteiger partial charge in [-0.05, 0) is 43.6 Å². The zero-order valence-corrected chi connectivity index (χ0v) is 23.2. The van der Waals surface area contributed by atoms with Gasteiger partial charge in [0.05, 0.1) is 19.3 Å². The first kappa shape index (κ1) is 26.5. The number of carboxylic acid groups (broad SMARTS) is 1. The summed E-state index contributed by atoms with van der Waals surface area (Å²) in [4.78, 5) is 34.0. The van der Waals surface area contributed by atoms with Crippen LogP contribution in [0.1, 0.15) is 63.4 Å². The lowest BCUT2D eigenvalue weighted by molar-refractivity contribution is 0.0927. The zero-order chi connectivity index (χ0) is 27.8. The van der Waals surface area contributed by atoms with E-state index in [1.165, 1.54) is 31.2 Å². The molecule has 3 aliphatic rings. The number of nitrogens with two attached hydrogens (primary N) is 1. The maximum atomic E-state index is 11.3. The quantitative estimate of drug-likeness (QED) is 0.344. The van der Waals surface area contributed by atoms with Gasteiger partial charge in [-0.1, -0.05) is 50.1 Å². The smallest absolute Gasteiger partial charge is 0.433 e. The number of hydrogen-bond acceptors (Lipinski definition) is 7. The highest BCUT2D eigenvalue weighted by Crippen LogP contribution is 2.39. The minimum atomic E-state index is -1.38. The number of aromatic nitrogens is 4. The van der Waals surface area contributed by atoms with Gasteiger partial charge in [0, 0.05) is 25.7 Å². The summed E-state index contributed by atoms with van der Waals surface area (Å²) in [6, 6.07) is 10.7. The Morgan fingerprint density at radius 1 is 1.05 bits per heavy atom. The minimum absolute atomic E-state index is 0.00865. The van der Waals surface area contributed by atoms with Crippen molar-refractivity contribution in [1.82, 2.24) is 19.5 Å². The highest BCUT2D eigenvalue weighted by molar-refractivity contribution is 6.02. The average molecular weight is 547 g/mol. The molecule has 0 spiro atoms. The van der Waals surface area contributed by atoms with Crippen LogP contribution in [-0.4, -0.2) is 68.9 Å². The number of amidine groups is 1. The number of carbonyl (C=O) groups is 1. The molecule has 4 heterocycles. The molecule has 1 saturated carbocycles. The highest BCUT2D eigenvalue weighted by Gasteiger charge is 2.35. The van der Waals surface area contributed by atoms with Crippen LogP contribution in [0.5, 0.6) is 0 Å². The number of amides is 1. The van der Waals surface area contributed by atoms with E-state index in [1.807, 2.05) is 6.07 Å². The molecule has 2 aliphatic heterocycles. The molecule has 2 atom stereocenters. The van der Waals surface area contributed by atoms with Crippen molar-refractivity contribution in [1.29, 1.82) is 0 Å². The Balaban J connectivity index is 1.53. The molecule has 11 heteroatoms. The van der Waals surface area contributed by atoms with Crippen LogP contribution in [0.4, 0.5) is 16.6 Å². The van der Waals surface area contributed by atoms with Crippen LogP contribution in [0.25, 0.3) is 11.2 Å². The first-order valence-electron chi connectivity index (χ1n) is 14.4. The fourth-order valence-corrected chi connectivity index (χ4v) is 6.26. The summed E-state index contributed by atoms with van der Waals surface area (Å²) in [5, 5.41) is 9.22. The molecule has 2 aromatic heterocycles. The second kappa shape index (κ2) is 11.0. The first-order chi connectivity index (χ1) is 19.4. The molecule has 1 aromatic carbocycles. The molecule has 0 radical (unpaired) electrons. The van der Waals surface area contributed by atoms with Gasteiger partial charge >= 0.3 is 6.09 Å². The Morgan fingerprint density at radius 3 is 2.50 bits per heavy atom. The number of anilines is 2. The van der Waals surface area contributed by atoms with E-state index in [9.17, 15) is 9.90 Å². The molecule has 212 valence electrons. The maximum Gasteiger partial charge on any atom is 0.433 e. The van der Waals surface area contributed by atoms with E-state index in [0.717, 1.165) is 42.7 Å². The van der Waals surface area contributed by atoms with E-state index in [4.69, 9.17) is 20.4 Å². The molecule has 3 aromatic rings. The average Bonchev–Trinajstić information content (AvgIpc) is 3.31. The van der Waals surface area contributed by atoms with Gasteiger partial charge in [-0.2, -0.15) is 9.98 Å². The summed E-state index contributed by atoms with van der Waals surface area (Å²) >= 11 is 0. The Hall–Kier alpha value is -3.73. The molecule has 0 bridgehead atoms. The van der Waals surface area contributed by atoms with Crippen LogP contribution in [0.15, 0.2) is 35.3 Å². The van der Waals surface area contributed by atoms with Crippen molar-refractivity contribution in [3.05, 3.63) is 41.7 Å². The van der Waals surface area contributed by atoms with E-state index < -0.39 is 6.09 Å². The van der Waals surface area contributed by atoms with Gasteiger partial charge in [0.15, 0.2) is 23.1 Å². The highest BCUT2D eigenvalue weighted by atomic mass is 16.5. The number of aliphatic imine (C=N–C) groups is 1. The lowest BCUT2D eigenvalue weighted by atomic mass is 9.83. The van der Waals surface area contributed by atoms with Crippen LogP contribution in [0, 0.1) is 11.8 Å². The third-order valence-corrected chi connectivity index (χ3v) is 8.75. The van der Waals surface area contributed by atoms with Gasteiger partial charge in [-0.3, -0.25) is 0 Å². The number of benzene rings is 1. The molecular formula is C29H38N8O3. The van der Waals surface area contributed by atoms with E-state index in [2.05, 4.69) is 62.5 Å². The number of ether oxygens (including phenoxy) is 1. The molecule has 2 unspecified atom stereocenters. The molecular weight excluding hydrogens is 508 g/mol. The normalized spacial score (nSPS) is 25.7. The van der Waals surface area contributed by atoms with Crippen molar-refractivity contribution in [2.24, 2.45) is 22.6 Å². The van der Waals surface area contributed by atoms with Gasteiger partial charge in [-0.25, -0.2) is 14.8 Å². The standard InChI is InChI=1S/C29H38N8O3/c1-18-8-10-20(11-9-18)16-37-23-25(32-26(24(30)31-29(38)39)33-27(23)35-13-12-19(35)2)34-28(37)36-14-15-40-17-22(36)21-6-4-3-5-7-21/h3-7,18-20,22H,8-17H2,1-2H3,(H2,30,31)(H,38,39). The summed E-state index contributed by atoms with van der Waals surface area (Å²) in [6.07, 6.45) is 4.50. The molecule has 40 heavy (non-hydrogen) atoms. The Morgan fingerprint density at radius 2 is 1.82 bits per heavy atom. The van der Waals surface area contributed by atoms with Crippen molar-refractivity contribution in [2.75, 3.05) is 36.1 Å². The van der Waals surface area contributed by atoms with Crippen molar-refractivity contribution < 1.29 is 14.6 Å². The van der Waals surface area contributed by atoms with Gasteiger partial charge in [0.1, 0.15) is 5.52 Å². The summed E-state index contributed by atoms with van der Waals surface area (Å²) in [6.45, 7) is 8.07. The zero-order valence-electron chi connectivity index (χ0n) is 23.2. The second-order valence-corrected chi connectivity index (χ2v) is 11.5. The van der Waals surface area contributed by atoms with Crippen molar-refractivity contribution >= 4 is 34.9 Å². The van der Waals surface area contributed by atoms with Crippen LogP contribution >= 0.6 is 0 Å². The summed E-state index contributed by atoms with van der Waals surface area (Å²) in [7, 11) is 0. The molecule has 1 amide bonds. The van der Waals surface area contributed by atoms with Gasteiger partial charge < -0.3 is 29.9 Å². The predicted molar refractivity (Wildman–Crippen MR) is 154 cm³/mol. The lowest BCUT2D eigenvalue weighted by Crippen LogP contribution is -2.46. The molecule has 1 aliphatic carbocycles. The molecule has 6 rings (SSSR count). The van der Waals surface area contributed by atoms with Crippen LogP contribution < -0.4 is 15.5 Å². The van der Waals surface area contributed by atoms with Crippen LogP contribution in [-0.2, 0) is 11.3 Å². The summed E-state index contributed by atoms with van der Waals surface area (Å²) in [5.74, 6) is 2.75. The van der Waals surface area contributed by atoms with Gasteiger partial charge in [0.2, 0.25) is 5.95 Å². The number of nitrogens with zero attached hydrogens (tertiary/aromatic N) is 7. The SMILES string of the molecule is CC1CCC(Cn2c(N3CCOCC3c3ccccc3)nc3nc(C(N)=NC(=O)O)nc(N4CCC4C)c32)CC1. The maximum absolute atomic E-state index is 11.3. The summed E-state index contributed by atoms with van der Waals surface area (Å²) in [5.41, 5.74) is 8.63. The fourth-order valence-electron chi connectivity index (χ4n) is 6.26. The molecule has 2 saturated heterocycles. The van der Waals surface area contributed by atoms with Crippen LogP contribution in [0.3, 0.4) is 0 Å². The largest absolute Gasteiger partial charge is 0.463 e. The topological polar surface area (TPSA) is 135 Å². The number of hydrogen-bond donors (Lipinski definition) is 2. The third-order valence-electron chi connectivity index (χ3n) is 8.75. The number of imidazole rings is 1. The predicted octanol–water partition coefficient (Wildman–Crippen LogP) is 4.21. The Kier molecular flexibility index (Phi) is 7.31. The monoisotopic (exact) mass is 546 g/mol. The minimum Gasteiger partial charge on any atom is -0.463 e.